The molecule has 47 heavy (non-hydrogen) atoms. The smallest absolute Gasteiger partial charge is 0.321 e. The van der Waals surface area contributed by atoms with Gasteiger partial charge in [0.1, 0.15) is 30.1 Å². The molecule has 1 aliphatic rings. The van der Waals surface area contributed by atoms with Crippen molar-refractivity contribution < 1.29 is 24.9 Å². The van der Waals surface area contributed by atoms with Crippen molar-refractivity contribution in [2.45, 2.75) is 43.8 Å². The first-order valence-electron chi connectivity index (χ1n) is 15.4. The number of aromatic amines is 2. The lowest BCUT2D eigenvalue weighted by Crippen LogP contribution is -2.50. The molecular formula is C35H35N6O5P. The fraction of sp³-hybridized carbons (Fsp3) is 0.229. The van der Waals surface area contributed by atoms with E-state index in [-0.39, 0.29) is 31.3 Å². The van der Waals surface area contributed by atoms with Gasteiger partial charge in [-0.15, -0.1) is 0 Å². The molecule has 12 heteroatoms. The number of nitrogens with one attached hydrogen (secondary N) is 2. The Labute approximate surface area is 273 Å². The van der Waals surface area contributed by atoms with Gasteiger partial charge in [0.25, 0.3) is 0 Å². The van der Waals surface area contributed by atoms with Gasteiger partial charge in [-0.1, -0.05) is 45.6 Å². The molecule has 5 atom stereocenters. The number of rotatable bonds is 9. The molecule has 0 saturated carbocycles. The van der Waals surface area contributed by atoms with Crippen molar-refractivity contribution in [2.75, 3.05) is 6.35 Å². The zero-order valence-electron chi connectivity index (χ0n) is 25.4. The van der Waals surface area contributed by atoms with E-state index in [1.807, 2.05) is 60.7 Å². The van der Waals surface area contributed by atoms with E-state index < -0.39 is 24.3 Å². The number of amides is 2. The second-order valence-corrected chi connectivity index (χ2v) is 12.2. The van der Waals surface area contributed by atoms with E-state index in [4.69, 9.17) is 4.74 Å². The third-order valence-electron chi connectivity index (χ3n) is 8.86. The normalized spacial score (nSPS) is 20.2. The van der Waals surface area contributed by atoms with Crippen LogP contribution in [0.1, 0.15) is 28.3 Å². The number of phenols is 1. The van der Waals surface area contributed by atoms with Crippen molar-refractivity contribution in [2.24, 2.45) is 0 Å². The zero-order chi connectivity index (χ0) is 32.5. The topological polar surface area (TPSA) is 151 Å². The molecule has 0 bridgehead atoms. The van der Waals surface area contributed by atoms with Crippen LogP contribution in [0.5, 0.6) is 11.5 Å². The van der Waals surface area contributed by atoms with Crippen LogP contribution >= 0.6 is 9.24 Å². The number of aromatic nitrogens is 4. The Kier molecular flexibility index (Phi) is 8.51. The third-order valence-corrected chi connectivity index (χ3v) is 9.03. The first-order chi connectivity index (χ1) is 22.9. The molecule has 3 heterocycles. The van der Waals surface area contributed by atoms with E-state index in [2.05, 4.69) is 29.6 Å². The monoisotopic (exact) mass is 650 g/mol. The minimum absolute atomic E-state index is 0.0592. The largest absolute Gasteiger partial charge is 0.508 e. The first kappa shape index (κ1) is 30.7. The Hall–Kier alpha value is -4.96. The van der Waals surface area contributed by atoms with Crippen LogP contribution in [-0.4, -0.2) is 76.1 Å². The summed E-state index contributed by atoms with van der Waals surface area (Å²) < 4.78 is 5.59. The molecule has 2 aromatic heterocycles. The molecule has 11 nitrogen and oxygen atoms in total. The summed E-state index contributed by atoms with van der Waals surface area (Å²) in [7, 11) is 2.52. The fourth-order valence-electron chi connectivity index (χ4n) is 6.47. The highest BCUT2D eigenvalue weighted by atomic mass is 31.0. The Bertz CT molecular complexity index is 2000. The van der Waals surface area contributed by atoms with Crippen molar-refractivity contribution >= 4 is 37.1 Å². The van der Waals surface area contributed by atoms with Crippen LogP contribution in [0.25, 0.3) is 21.8 Å². The molecule has 6 aromatic rings. The molecule has 1 aliphatic heterocycles. The van der Waals surface area contributed by atoms with Gasteiger partial charge in [-0.25, -0.2) is 4.79 Å². The molecule has 0 spiro atoms. The summed E-state index contributed by atoms with van der Waals surface area (Å²) in [5.74, 6) is 0.767. The molecule has 0 aliphatic carbocycles. The van der Waals surface area contributed by atoms with Crippen LogP contribution in [-0.2, 0) is 19.5 Å². The van der Waals surface area contributed by atoms with Gasteiger partial charge < -0.3 is 29.9 Å². The van der Waals surface area contributed by atoms with Gasteiger partial charge in [0, 0.05) is 23.9 Å². The average Bonchev–Trinajstić information content (AvgIpc) is 3.75. The van der Waals surface area contributed by atoms with Crippen molar-refractivity contribution in [1.82, 2.24) is 30.2 Å². The second kappa shape index (κ2) is 13.0. The predicted octanol–water partition coefficient (Wildman–Crippen LogP) is 4.87. The summed E-state index contributed by atoms with van der Waals surface area (Å²) in [5.41, 5.74) is 4.89. The van der Waals surface area contributed by atoms with Crippen molar-refractivity contribution in [3.63, 3.8) is 0 Å². The molecular weight excluding hydrogens is 615 g/mol. The molecule has 240 valence electrons. The summed E-state index contributed by atoms with van der Waals surface area (Å²) >= 11 is 0. The average molecular weight is 651 g/mol. The highest BCUT2D eigenvalue weighted by Gasteiger charge is 2.47. The molecule has 1 fully saturated rings. The number of carbonyl (C=O) groups is 1. The minimum atomic E-state index is -1.35. The fourth-order valence-corrected chi connectivity index (χ4v) is 6.67. The Morgan fingerprint density at radius 3 is 1.91 bits per heavy atom. The van der Waals surface area contributed by atoms with Crippen LogP contribution < -0.4 is 4.74 Å². The van der Waals surface area contributed by atoms with Crippen molar-refractivity contribution in [1.29, 1.82) is 0 Å². The molecule has 7 rings (SSSR count). The van der Waals surface area contributed by atoms with E-state index in [9.17, 15) is 20.1 Å². The van der Waals surface area contributed by atoms with E-state index in [1.165, 1.54) is 12.1 Å². The SMILES string of the molecule is O=C1N(Cc2ccc3[nH]ncc3c2)C(c2ccc(O)cc2)[C@H](O)[C@@H](O)[C@@H](Cc2ccc(OCP)cc2)N1Cc1ccc2[nH]ncc2c1. The molecule has 1 saturated heterocycles. The predicted molar refractivity (Wildman–Crippen MR) is 181 cm³/mol. The Morgan fingerprint density at radius 2 is 1.32 bits per heavy atom. The second-order valence-electron chi connectivity index (χ2n) is 11.9. The number of carbonyl (C=O) groups excluding carboxylic acids is 1. The number of hydrogen-bond donors (Lipinski definition) is 5. The van der Waals surface area contributed by atoms with E-state index >= 15 is 0 Å². The number of fused-ring (bicyclic) bond motifs is 2. The maximum Gasteiger partial charge on any atom is 0.321 e. The number of aliphatic hydroxyl groups excluding tert-OH is 2. The van der Waals surface area contributed by atoms with Gasteiger partial charge in [0.05, 0.1) is 35.5 Å². The quantitative estimate of drug-likeness (QED) is 0.140. The molecule has 0 radical (unpaired) electrons. The minimum Gasteiger partial charge on any atom is -0.508 e. The lowest BCUT2D eigenvalue weighted by molar-refractivity contribution is -0.0418. The number of urea groups is 1. The summed E-state index contributed by atoms with van der Waals surface area (Å²) in [6, 6.07) is 23.5. The van der Waals surface area contributed by atoms with Crippen LogP contribution in [0.2, 0.25) is 0 Å². The Morgan fingerprint density at radius 1 is 0.745 bits per heavy atom. The number of ether oxygens (including phenoxy) is 1. The molecule has 4 aromatic carbocycles. The summed E-state index contributed by atoms with van der Waals surface area (Å²) in [6.45, 7) is 0.336. The van der Waals surface area contributed by atoms with Crippen molar-refractivity contribution in [3.05, 3.63) is 120 Å². The molecule has 2 unspecified atom stereocenters. The maximum absolute atomic E-state index is 15.0. The first-order valence-corrected chi connectivity index (χ1v) is 16.2. The number of hydrogen-bond acceptors (Lipinski definition) is 7. The van der Waals surface area contributed by atoms with Gasteiger partial charge >= 0.3 is 6.03 Å². The number of benzene rings is 4. The summed E-state index contributed by atoms with van der Waals surface area (Å²) in [6.07, 6.45) is 1.53. The highest BCUT2D eigenvalue weighted by molar-refractivity contribution is 7.16. The van der Waals surface area contributed by atoms with E-state index in [0.717, 1.165) is 38.5 Å². The van der Waals surface area contributed by atoms with Gasteiger partial charge in [0.15, 0.2) is 0 Å². The third kappa shape index (κ3) is 6.25. The maximum atomic E-state index is 15.0. The zero-order valence-corrected chi connectivity index (χ0v) is 26.6. The van der Waals surface area contributed by atoms with Gasteiger partial charge in [-0.05, 0) is 77.2 Å². The number of phenolic OH excluding ortho intramolecular Hbond substituents is 1. The molecule has 2 amide bonds. The van der Waals surface area contributed by atoms with Crippen LogP contribution in [0.15, 0.2) is 97.3 Å². The number of nitrogens with zero attached hydrogens (tertiary/aromatic N) is 4. The summed E-state index contributed by atoms with van der Waals surface area (Å²) in [4.78, 5) is 18.3. The number of aromatic hydroxyl groups is 1. The van der Waals surface area contributed by atoms with Gasteiger partial charge in [-0.3, -0.25) is 10.2 Å². The van der Waals surface area contributed by atoms with E-state index in [0.29, 0.717) is 17.7 Å². The number of aliphatic hydroxyl groups is 2. The number of H-pyrrole nitrogens is 2. The lowest BCUT2D eigenvalue weighted by Gasteiger charge is -2.36. The lowest BCUT2D eigenvalue weighted by atomic mass is 9.90. The van der Waals surface area contributed by atoms with Crippen LogP contribution in [0.4, 0.5) is 4.79 Å². The summed E-state index contributed by atoms with van der Waals surface area (Å²) in [5, 5.41) is 50.1. The van der Waals surface area contributed by atoms with Gasteiger partial charge in [0.2, 0.25) is 0 Å². The standard InChI is InChI=1S/C35H35N6O5P/c42-27-7-5-24(6-8-27)32-34(44)33(43)31(15-21-1-9-28(10-2-21)46-20-47)40(18-22-3-11-29-25(13-22)16-36-38-29)35(45)41(32)19-23-4-12-30-26(14-23)17-37-39-30/h1-14,16-17,31-34,42-44H,15,18-20,47H2,(H,36,38)(H,37,39)/t31-,32?,33+,34+/m1/s1. The Balaban J connectivity index is 1.33. The highest BCUT2D eigenvalue weighted by Crippen LogP contribution is 2.37. The van der Waals surface area contributed by atoms with Crippen LogP contribution in [0.3, 0.4) is 0 Å². The molecule has 5 N–H and O–H groups in total. The van der Waals surface area contributed by atoms with Crippen LogP contribution in [0, 0.1) is 0 Å². The van der Waals surface area contributed by atoms with Crippen molar-refractivity contribution in [3.8, 4) is 11.5 Å². The van der Waals surface area contributed by atoms with Gasteiger partial charge in [-0.2, -0.15) is 10.2 Å². The van der Waals surface area contributed by atoms with E-state index in [1.54, 1.807) is 34.3 Å².